The van der Waals surface area contributed by atoms with E-state index in [-0.39, 0.29) is 17.1 Å². The molecule has 5 nitrogen and oxygen atoms in total. The van der Waals surface area contributed by atoms with E-state index >= 15 is 0 Å². The van der Waals surface area contributed by atoms with Crippen molar-refractivity contribution in [2.45, 2.75) is 36.8 Å². The van der Waals surface area contributed by atoms with Crippen LogP contribution in [-0.2, 0) is 4.79 Å². The number of rotatable bonds is 3. The highest BCUT2D eigenvalue weighted by molar-refractivity contribution is 8.00. The van der Waals surface area contributed by atoms with E-state index in [0.29, 0.717) is 17.2 Å². The third-order valence-corrected chi connectivity index (χ3v) is 6.83. The predicted octanol–water partition coefficient (Wildman–Crippen LogP) is 5.10. The molecule has 0 spiro atoms. The second kappa shape index (κ2) is 6.98. The smallest absolute Gasteiger partial charge is 0.255 e. The highest BCUT2D eigenvalue weighted by atomic mass is 32.2. The molecule has 2 amide bonds. The van der Waals surface area contributed by atoms with Crippen molar-refractivity contribution in [2.75, 3.05) is 10.6 Å². The maximum atomic E-state index is 12.7. The first-order valence-electron chi connectivity index (χ1n) is 8.74. The van der Waals surface area contributed by atoms with Gasteiger partial charge < -0.3 is 10.6 Å². The molecular formula is C20H19N3O2S2. The number of thioether (sulfide) groups is 1. The summed E-state index contributed by atoms with van der Waals surface area (Å²) in [4.78, 5) is 30.1. The Balaban J connectivity index is 1.56. The quantitative estimate of drug-likeness (QED) is 0.645. The van der Waals surface area contributed by atoms with E-state index in [9.17, 15) is 9.59 Å². The molecule has 1 aromatic heterocycles. The minimum Gasteiger partial charge on any atom is -0.324 e. The lowest BCUT2D eigenvalue weighted by Gasteiger charge is -2.21. The van der Waals surface area contributed by atoms with Gasteiger partial charge in [0.05, 0.1) is 26.2 Å². The molecule has 0 bridgehead atoms. The summed E-state index contributed by atoms with van der Waals surface area (Å²) in [5, 5.41) is 6.76. The Hall–Kier alpha value is -2.38. The average Bonchev–Trinajstić information content (AvgIpc) is 3.06. The van der Waals surface area contributed by atoms with E-state index in [1.54, 1.807) is 23.5 Å². The molecule has 2 aromatic carbocycles. The number of nitrogens with zero attached hydrogens (tertiary/aromatic N) is 1. The van der Waals surface area contributed by atoms with Crippen LogP contribution in [0, 0.1) is 0 Å². The summed E-state index contributed by atoms with van der Waals surface area (Å²) in [6.45, 7) is 6.10. The van der Waals surface area contributed by atoms with Crippen molar-refractivity contribution < 1.29 is 9.59 Å². The van der Waals surface area contributed by atoms with Gasteiger partial charge in [0.2, 0.25) is 5.91 Å². The molecule has 1 unspecified atom stereocenters. The molecule has 7 heteroatoms. The van der Waals surface area contributed by atoms with Gasteiger partial charge in [0.15, 0.2) is 0 Å². The molecule has 0 aliphatic carbocycles. The van der Waals surface area contributed by atoms with Gasteiger partial charge in [0, 0.05) is 22.1 Å². The van der Waals surface area contributed by atoms with Crippen molar-refractivity contribution in [3.8, 4) is 0 Å². The molecule has 138 valence electrons. The van der Waals surface area contributed by atoms with Crippen molar-refractivity contribution in [1.29, 1.82) is 0 Å². The van der Waals surface area contributed by atoms with E-state index in [1.807, 2.05) is 31.2 Å². The van der Waals surface area contributed by atoms with Crippen molar-refractivity contribution in [1.82, 2.24) is 4.98 Å². The highest BCUT2D eigenvalue weighted by Gasteiger charge is 2.23. The van der Waals surface area contributed by atoms with Crippen LogP contribution in [0.15, 0.2) is 41.3 Å². The van der Waals surface area contributed by atoms with Gasteiger partial charge in [-0.25, -0.2) is 4.98 Å². The van der Waals surface area contributed by atoms with Crippen LogP contribution in [-0.4, -0.2) is 22.0 Å². The Kier molecular flexibility index (Phi) is 4.65. The topological polar surface area (TPSA) is 71.1 Å². The van der Waals surface area contributed by atoms with Gasteiger partial charge in [-0.05, 0) is 43.3 Å². The van der Waals surface area contributed by atoms with Crippen molar-refractivity contribution in [3.05, 3.63) is 47.0 Å². The molecule has 1 atom stereocenters. The summed E-state index contributed by atoms with van der Waals surface area (Å²) in [5.74, 6) is 0.136. The molecule has 0 fully saturated rings. The average molecular weight is 398 g/mol. The van der Waals surface area contributed by atoms with Gasteiger partial charge in [-0.1, -0.05) is 13.8 Å². The molecule has 0 saturated carbocycles. The number of hydrogen-bond donors (Lipinski definition) is 2. The lowest BCUT2D eigenvalue weighted by Crippen LogP contribution is -2.26. The normalized spacial score (nSPS) is 16.3. The predicted molar refractivity (Wildman–Crippen MR) is 112 cm³/mol. The van der Waals surface area contributed by atoms with Gasteiger partial charge in [0.1, 0.15) is 0 Å². The molecule has 0 radical (unpaired) electrons. The van der Waals surface area contributed by atoms with Gasteiger partial charge in [-0.3, -0.25) is 9.59 Å². The Labute approximate surface area is 165 Å². The number of thiazole rings is 1. The third kappa shape index (κ3) is 3.57. The second-order valence-corrected chi connectivity index (χ2v) is 9.25. The SMILES string of the molecule is CC1Sc2ccc(C(=O)Nc3ccc4nc(C(C)C)sc4c3)cc2NC1=O. The Bertz CT molecular complexity index is 1060. The molecule has 2 heterocycles. The number of amides is 2. The number of hydrogen-bond acceptors (Lipinski definition) is 5. The first kappa shape index (κ1) is 18.0. The lowest BCUT2D eigenvalue weighted by molar-refractivity contribution is -0.115. The molecule has 3 aromatic rings. The standard InChI is InChI=1S/C20H19N3O2S2/c1-10(2)20-23-14-6-5-13(9-17(14)27-20)21-19(25)12-4-7-16-15(8-12)22-18(24)11(3)26-16/h4-11H,1-3H3,(H,21,25)(H,22,24). The van der Waals surface area contributed by atoms with Crippen LogP contribution in [0.25, 0.3) is 10.2 Å². The fourth-order valence-corrected chi connectivity index (χ4v) is 4.76. The van der Waals surface area contributed by atoms with E-state index in [1.165, 1.54) is 11.8 Å². The largest absolute Gasteiger partial charge is 0.324 e. The summed E-state index contributed by atoms with van der Waals surface area (Å²) < 4.78 is 1.06. The zero-order chi connectivity index (χ0) is 19.1. The summed E-state index contributed by atoms with van der Waals surface area (Å²) in [6, 6.07) is 11.1. The molecule has 27 heavy (non-hydrogen) atoms. The molecule has 1 aliphatic heterocycles. The number of benzene rings is 2. The van der Waals surface area contributed by atoms with Crippen molar-refractivity contribution in [3.63, 3.8) is 0 Å². The van der Waals surface area contributed by atoms with Crippen LogP contribution in [0.3, 0.4) is 0 Å². The van der Waals surface area contributed by atoms with Gasteiger partial charge >= 0.3 is 0 Å². The molecule has 1 aliphatic rings. The number of fused-ring (bicyclic) bond motifs is 2. The number of anilines is 2. The van der Waals surface area contributed by atoms with Gasteiger partial charge in [0.25, 0.3) is 5.91 Å². The Morgan fingerprint density at radius 3 is 2.81 bits per heavy atom. The van der Waals surface area contributed by atoms with Gasteiger partial charge in [-0.2, -0.15) is 0 Å². The van der Waals surface area contributed by atoms with Crippen molar-refractivity contribution in [2.24, 2.45) is 0 Å². The van der Waals surface area contributed by atoms with E-state index in [4.69, 9.17) is 0 Å². The zero-order valence-corrected chi connectivity index (χ0v) is 16.8. The van der Waals surface area contributed by atoms with E-state index < -0.39 is 0 Å². The number of carbonyl (C=O) groups excluding carboxylic acids is 2. The maximum absolute atomic E-state index is 12.7. The molecule has 4 rings (SSSR count). The summed E-state index contributed by atoms with van der Waals surface area (Å²) in [5.41, 5.74) is 2.88. The number of carbonyl (C=O) groups is 2. The molecular weight excluding hydrogens is 378 g/mol. The van der Waals surface area contributed by atoms with Crippen LogP contribution in [0.2, 0.25) is 0 Å². The third-order valence-electron chi connectivity index (χ3n) is 4.33. The van der Waals surface area contributed by atoms with E-state index in [0.717, 1.165) is 25.8 Å². The summed E-state index contributed by atoms with van der Waals surface area (Å²) in [6.07, 6.45) is 0. The Morgan fingerprint density at radius 2 is 2.04 bits per heavy atom. The first-order valence-corrected chi connectivity index (χ1v) is 10.4. The highest BCUT2D eigenvalue weighted by Crippen LogP contribution is 2.36. The van der Waals surface area contributed by atoms with Crippen LogP contribution >= 0.6 is 23.1 Å². The van der Waals surface area contributed by atoms with Crippen LogP contribution in [0.5, 0.6) is 0 Å². The first-order chi connectivity index (χ1) is 12.9. The summed E-state index contributed by atoms with van der Waals surface area (Å²) in [7, 11) is 0. The number of aromatic nitrogens is 1. The van der Waals surface area contributed by atoms with Gasteiger partial charge in [-0.15, -0.1) is 23.1 Å². The number of nitrogens with one attached hydrogen (secondary N) is 2. The minimum atomic E-state index is -0.205. The zero-order valence-electron chi connectivity index (χ0n) is 15.2. The lowest BCUT2D eigenvalue weighted by atomic mass is 10.1. The van der Waals surface area contributed by atoms with Crippen molar-refractivity contribution >= 4 is 56.5 Å². The van der Waals surface area contributed by atoms with Crippen LogP contribution < -0.4 is 10.6 Å². The molecule has 2 N–H and O–H groups in total. The fourth-order valence-electron chi connectivity index (χ4n) is 2.82. The monoisotopic (exact) mass is 397 g/mol. The molecule has 0 saturated heterocycles. The second-order valence-electron chi connectivity index (χ2n) is 6.80. The Morgan fingerprint density at radius 1 is 1.22 bits per heavy atom. The maximum Gasteiger partial charge on any atom is 0.255 e. The summed E-state index contributed by atoms with van der Waals surface area (Å²) >= 11 is 3.15. The van der Waals surface area contributed by atoms with Crippen LogP contribution in [0.4, 0.5) is 11.4 Å². The van der Waals surface area contributed by atoms with E-state index in [2.05, 4.69) is 29.5 Å². The van der Waals surface area contributed by atoms with Crippen LogP contribution in [0.1, 0.15) is 42.1 Å². The minimum absolute atomic E-state index is 0.0401. The fraction of sp³-hybridized carbons (Fsp3) is 0.250.